The first-order valence-electron chi connectivity index (χ1n) is 4.68. The van der Waals surface area contributed by atoms with Crippen molar-refractivity contribution in [1.82, 2.24) is 9.55 Å². The Hall–Kier alpha value is -0.830. The summed E-state index contributed by atoms with van der Waals surface area (Å²) in [5, 5.41) is 0. The summed E-state index contributed by atoms with van der Waals surface area (Å²) in [7, 11) is 0. The van der Waals surface area contributed by atoms with Crippen molar-refractivity contribution in [2.24, 2.45) is 5.73 Å². The van der Waals surface area contributed by atoms with Crippen LogP contribution in [0.4, 0.5) is 0 Å². The van der Waals surface area contributed by atoms with E-state index < -0.39 is 0 Å². The largest absolute Gasteiger partial charge is 0.332 e. The number of imidazole rings is 1. The van der Waals surface area contributed by atoms with Gasteiger partial charge in [-0.3, -0.25) is 0 Å². The van der Waals surface area contributed by atoms with E-state index in [1.165, 1.54) is 0 Å². The highest BCUT2D eigenvalue weighted by Gasteiger charge is 2.13. The summed E-state index contributed by atoms with van der Waals surface area (Å²) in [5.74, 6) is 0. The van der Waals surface area contributed by atoms with Crippen LogP contribution in [0.15, 0.2) is 12.5 Å². The standard InChI is InChI=1S/C10H19N3/c1-8(11)5-9-6-13(7-12-9)10(2,3)4/h6-8H,5,11H2,1-4H3. The Morgan fingerprint density at radius 3 is 2.54 bits per heavy atom. The summed E-state index contributed by atoms with van der Waals surface area (Å²) >= 11 is 0. The van der Waals surface area contributed by atoms with Crippen molar-refractivity contribution in [3.63, 3.8) is 0 Å². The monoisotopic (exact) mass is 181 g/mol. The highest BCUT2D eigenvalue weighted by molar-refractivity contribution is 5.01. The molecule has 1 aromatic heterocycles. The molecule has 1 rings (SSSR count). The van der Waals surface area contributed by atoms with Crippen molar-refractivity contribution < 1.29 is 0 Å². The van der Waals surface area contributed by atoms with Crippen LogP contribution in [0.2, 0.25) is 0 Å². The molecule has 0 aliphatic rings. The zero-order valence-corrected chi connectivity index (χ0v) is 8.91. The van der Waals surface area contributed by atoms with Crippen LogP contribution in [0, 0.1) is 0 Å². The molecule has 0 amide bonds. The average molecular weight is 181 g/mol. The molecule has 0 saturated carbocycles. The van der Waals surface area contributed by atoms with Gasteiger partial charge in [-0.25, -0.2) is 4.98 Å². The molecule has 0 aliphatic carbocycles. The summed E-state index contributed by atoms with van der Waals surface area (Å²) in [5.41, 5.74) is 6.88. The van der Waals surface area contributed by atoms with Crippen LogP contribution < -0.4 is 5.73 Å². The molecule has 1 heterocycles. The molecule has 0 aliphatic heterocycles. The molecule has 1 aromatic rings. The minimum Gasteiger partial charge on any atom is -0.332 e. The van der Waals surface area contributed by atoms with Crippen LogP contribution in [0.5, 0.6) is 0 Å². The maximum atomic E-state index is 5.69. The molecule has 3 heteroatoms. The summed E-state index contributed by atoms with van der Waals surface area (Å²) in [4.78, 5) is 4.31. The maximum absolute atomic E-state index is 5.69. The fraction of sp³-hybridized carbons (Fsp3) is 0.700. The highest BCUT2D eigenvalue weighted by atomic mass is 15.1. The molecule has 0 saturated heterocycles. The lowest BCUT2D eigenvalue weighted by atomic mass is 10.1. The number of nitrogens with zero attached hydrogens (tertiary/aromatic N) is 2. The third-order valence-electron chi connectivity index (χ3n) is 1.94. The van der Waals surface area contributed by atoms with Gasteiger partial charge in [0.1, 0.15) is 0 Å². The third-order valence-corrected chi connectivity index (χ3v) is 1.94. The fourth-order valence-electron chi connectivity index (χ4n) is 1.17. The number of rotatable bonds is 2. The van der Waals surface area contributed by atoms with E-state index in [0.717, 1.165) is 12.1 Å². The van der Waals surface area contributed by atoms with Gasteiger partial charge in [0.25, 0.3) is 0 Å². The fourth-order valence-corrected chi connectivity index (χ4v) is 1.17. The van der Waals surface area contributed by atoms with E-state index in [1.54, 1.807) is 0 Å². The lowest BCUT2D eigenvalue weighted by molar-refractivity contribution is 0.396. The van der Waals surface area contributed by atoms with Crippen molar-refractivity contribution in [3.05, 3.63) is 18.2 Å². The second-order valence-electron chi connectivity index (χ2n) is 4.62. The van der Waals surface area contributed by atoms with E-state index in [0.29, 0.717) is 0 Å². The predicted molar refractivity (Wildman–Crippen MR) is 54.6 cm³/mol. The second-order valence-corrected chi connectivity index (χ2v) is 4.62. The Bertz CT molecular complexity index is 268. The van der Waals surface area contributed by atoms with E-state index in [9.17, 15) is 0 Å². The van der Waals surface area contributed by atoms with Crippen LogP contribution >= 0.6 is 0 Å². The Morgan fingerprint density at radius 2 is 2.15 bits per heavy atom. The molecule has 0 bridgehead atoms. The number of aromatic nitrogens is 2. The first-order valence-corrected chi connectivity index (χ1v) is 4.68. The molecule has 13 heavy (non-hydrogen) atoms. The van der Waals surface area contributed by atoms with Crippen LogP contribution in [-0.2, 0) is 12.0 Å². The van der Waals surface area contributed by atoms with E-state index in [1.807, 2.05) is 13.3 Å². The smallest absolute Gasteiger partial charge is 0.0954 e. The average Bonchev–Trinajstić information content (AvgIpc) is 2.32. The molecule has 0 aromatic carbocycles. The van der Waals surface area contributed by atoms with Crippen LogP contribution in [0.1, 0.15) is 33.4 Å². The summed E-state index contributed by atoms with van der Waals surface area (Å²) in [6.45, 7) is 8.47. The Balaban J connectivity index is 2.75. The lowest BCUT2D eigenvalue weighted by Gasteiger charge is -2.19. The molecule has 1 atom stereocenters. The Morgan fingerprint density at radius 1 is 1.54 bits per heavy atom. The van der Waals surface area contributed by atoms with E-state index in [2.05, 4.69) is 36.5 Å². The van der Waals surface area contributed by atoms with E-state index in [-0.39, 0.29) is 11.6 Å². The van der Waals surface area contributed by atoms with Gasteiger partial charge in [-0.15, -0.1) is 0 Å². The number of nitrogens with two attached hydrogens (primary N) is 1. The first kappa shape index (κ1) is 10.3. The van der Waals surface area contributed by atoms with Crippen LogP contribution in [-0.4, -0.2) is 15.6 Å². The van der Waals surface area contributed by atoms with Crippen LogP contribution in [0.3, 0.4) is 0 Å². The SMILES string of the molecule is CC(N)Cc1cn(C(C)(C)C)cn1. The van der Waals surface area contributed by atoms with Gasteiger partial charge in [-0.05, 0) is 27.7 Å². The van der Waals surface area contributed by atoms with Gasteiger partial charge in [0.2, 0.25) is 0 Å². The quantitative estimate of drug-likeness (QED) is 0.752. The molecule has 1 unspecified atom stereocenters. The van der Waals surface area contributed by atoms with Crippen molar-refractivity contribution >= 4 is 0 Å². The minimum absolute atomic E-state index is 0.114. The van der Waals surface area contributed by atoms with Gasteiger partial charge >= 0.3 is 0 Å². The second kappa shape index (κ2) is 3.50. The zero-order valence-electron chi connectivity index (χ0n) is 8.91. The van der Waals surface area contributed by atoms with Crippen molar-refractivity contribution in [2.45, 2.75) is 45.7 Å². The van der Waals surface area contributed by atoms with Gasteiger partial charge in [-0.1, -0.05) is 0 Å². The number of hydrogen-bond donors (Lipinski definition) is 1. The summed E-state index contributed by atoms with van der Waals surface area (Å²) in [6.07, 6.45) is 4.80. The predicted octanol–water partition coefficient (Wildman–Crippen LogP) is 1.53. The molecule has 0 fully saturated rings. The van der Waals surface area contributed by atoms with Gasteiger partial charge in [-0.2, -0.15) is 0 Å². The normalized spacial score (nSPS) is 14.5. The molecule has 2 N–H and O–H groups in total. The molecule has 0 spiro atoms. The van der Waals surface area contributed by atoms with Gasteiger partial charge in [0, 0.05) is 24.2 Å². The Labute approximate surface area is 80.0 Å². The molecule has 0 radical (unpaired) electrons. The number of hydrogen-bond acceptors (Lipinski definition) is 2. The van der Waals surface area contributed by atoms with Gasteiger partial charge < -0.3 is 10.3 Å². The van der Waals surface area contributed by atoms with Crippen LogP contribution in [0.25, 0.3) is 0 Å². The molecular formula is C10H19N3. The molecule has 3 nitrogen and oxygen atoms in total. The van der Waals surface area contributed by atoms with Gasteiger partial charge in [0.05, 0.1) is 12.0 Å². The summed E-state index contributed by atoms with van der Waals surface area (Å²) < 4.78 is 2.12. The molecular weight excluding hydrogens is 162 g/mol. The zero-order chi connectivity index (χ0) is 10.1. The topological polar surface area (TPSA) is 43.8 Å². The summed E-state index contributed by atoms with van der Waals surface area (Å²) in [6, 6.07) is 0.184. The van der Waals surface area contributed by atoms with Crippen molar-refractivity contribution in [1.29, 1.82) is 0 Å². The van der Waals surface area contributed by atoms with Gasteiger partial charge in [0.15, 0.2) is 0 Å². The minimum atomic E-state index is 0.114. The van der Waals surface area contributed by atoms with E-state index in [4.69, 9.17) is 5.73 Å². The first-order chi connectivity index (χ1) is 5.89. The third kappa shape index (κ3) is 2.84. The van der Waals surface area contributed by atoms with Crippen molar-refractivity contribution in [2.75, 3.05) is 0 Å². The lowest BCUT2D eigenvalue weighted by Crippen LogP contribution is -2.20. The Kier molecular flexibility index (Phi) is 2.76. The maximum Gasteiger partial charge on any atom is 0.0954 e. The highest BCUT2D eigenvalue weighted by Crippen LogP contribution is 2.14. The molecule has 74 valence electrons. The van der Waals surface area contributed by atoms with Crippen molar-refractivity contribution in [3.8, 4) is 0 Å². The van der Waals surface area contributed by atoms with E-state index >= 15 is 0 Å².